The predicted octanol–water partition coefficient (Wildman–Crippen LogP) is 1.55. The van der Waals surface area contributed by atoms with Crippen LogP contribution in [-0.2, 0) is 6.61 Å². The van der Waals surface area contributed by atoms with Gasteiger partial charge in [0.2, 0.25) is 0 Å². The van der Waals surface area contributed by atoms with Crippen LogP contribution in [0.2, 0.25) is 0 Å². The van der Waals surface area contributed by atoms with Crippen LogP contribution in [0.1, 0.15) is 11.1 Å². The first kappa shape index (κ1) is 10.9. The van der Waals surface area contributed by atoms with E-state index in [0.29, 0.717) is 5.56 Å². The van der Waals surface area contributed by atoms with Crippen molar-refractivity contribution >= 4 is 6.08 Å². The highest BCUT2D eigenvalue weighted by Gasteiger charge is 1.96. The monoisotopic (exact) mass is 195 g/mol. The first-order valence-corrected chi connectivity index (χ1v) is 4.47. The Balaban J connectivity index is 2.81. The number of hydrogen-bond donors (Lipinski definition) is 2. The van der Waals surface area contributed by atoms with Gasteiger partial charge in [0, 0.05) is 6.54 Å². The van der Waals surface area contributed by atoms with Gasteiger partial charge in [0.05, 0.1) is 6.61 Å². The summed E-state index contributed by atoms with van der Waals surface area (Å²) < 4.78 is 13.0. The van der Waals surface area contributed by atoms with Crippen LogP contribution in [0.25, 0.3) is 6.08 Å². The van der Waals surface area contributed by atoms with Gasteiger partial charge in [-0.2, -0.15) is 0 Å². The van der Waals surface area contributed by atoms with Crippen LogP contribution in [0.5, 0.6) is 0 Å². The Labute approximate surface area is 83.1 Å². The summed E-state index contributed by atoms with van der Waals surface area (Å²) in [6.07, 6.45) is 3.72. The first-order valence-electron chi connectivity index (χ1n) is 4.47. The van der Waals surface area contributed by atoms with E-state index in [4.69, 9.17) is 5.11 Å². The van der Waals surface area contributed by atoms with E-state index >= 15 is 0 Å². The molecule has 2 N–H and O–H groups in total. The molecule has 1 rings (SSSR count). The summed E-state index contributed by atoms with van der Waals surface area (Å²) in [6, 6.07) is 4.52. The largest absolute Gasteiger partial charge is 0.392 e. The van der Waals surface area contributed by atoms with E-state index < -0.39 is 0 Å². The molecule has 0 aliphatic heterocycles. The van der Waals surface area contributed by atoms with Gasteiger partial charge in [-0.15, -0.1) is 0 Å². The maximum atomic E-state index is 13.0. The standard InChI is InChI=1S/C11H14FNO/c1-13-4-2-3-9-5-10(8-14)7-11(12)6-9/h2-3,5-7,13-14H,4,8H2,1H3. The van der Waals surface area contributed by atoms with E-state index in [9.17, 15) is 4.39 Å². The minimum absolute atomic E-state index is 0.134. The third-order valence-electron chi connectivity index (χ3n) is 1.79. The summed E-state index contributed by atoms with van der Waals surface area (Å²) in [4.78, 5) is 0. The molecule has 0 saturated heterocycles. The van der Waals surface area contributed by atoms with Crippen molar-refractivity contribution in [3.05, 3.63) is 41.2 Å². The van der Waals surface area contributed by atoms with Crippen LogP contribution < -0.4 is 5.32 Å². The van der Waals surface area contributed by atoms with Crippen molar-refractivity contribution in [2.24, 2.45) is 0 Å². The van der Waals surface area contributed by atoms with Crippen LogP contribution in [0, 0.1) is 5.82 Å². The molecule has 0 atom stereocenters. The topological polar surface area (TPSA) is 32.3 Å². The third kappa shape index (κ3) is 3.28. The molecule has 0 aliphatic rings. The second kappa shape index (κ2) is 5.52. The van der Waals surface area contributed by atoms with Gasteiger partial charge in [0.1, 0.15) is 5.82 Å². The third-order valence-corrected chi connectivity index (χ3v) is 1.79. The van der Waals surface area contributed by atoms with E-state index in [1.165, 1.54) is 12.1 Å². The highest BCUT2D eigenvalue weighted by Crippen LogP contribution is 2.10. The molecule has 2 nitrogen and oxygen atoms in total. The molecule has 0 saturated carbocycles. The molecule has 1 aromatic rings. The lowest BCUT2D eigenvalue weighted by atomic mass is 10.1. The van der Waals surface area contributed by atoms with Crippen molar-refractivity contribution in [2.45, 2.75) is 6.61 Å². The molecule has 0 aliphatic carbocycles. The van der Waals surface area contributed by atoms with Gasteiger partial charge in [0.25, 0.3) is 0 Å². The summed E-state index contributed by atoms with van der Waals surface area (Å²) >= 11 is 0. The molecule has 76 valence electrons. The maximum absolute atomic E-state index is 13.0. The number of rotatable bonds is 4. The Kier molecular flexibility index (Phi) is 4.29. The highest BCUT2D eigenvalue weighted by molar-refractivity contribution is 5.50. The Morgan fingerprint density at radius 3 is 2.86 bits per heavy atom. The van der Waals surface area contributed by atoms with Crippen LogP contribution in [0.15, 0.2) is 24.3 Å². The second-order valence-corrected chi connectivity index (χ2v) is 3.01. The summed E-state index contributed by atoms with van der Waals surface area (Å²) in [7, 11) is 1.84. The van der Waals surface area contributed by atoms with Crippen molar-refractivity contribution < 1.29 is 9.50 Å². The van der Waals surface area contributed by atoms with Gasteiger partial charge in [-0.05, 0) is 36.4 Å². The lowest BCUT2D eigenvalue weighted by Gasteiger charge is -1.99. The minimum atomic E-state index is -0.319. The molecular weight excluding hydrogens is 181 g/mol. The van der Waals surface area contributed by atoms with Gasteiger partial charge in [-0.1, -0.05) is 12.2 Å². The van der Waals surface area contributed by atoms with Gasteiger partial charge in [0.15, 0.2) is 0 Å². The van der Waals surface area contributed by atoms with E-state index in [1.54, 1.807) is 6.07 Å². The zero-order valence-corrected chi connectivity index (χ0v) is 8.13. The summed E-state index contributed by atoms with van der Waals surface area (Å²) in [5.74, 6) is -0.319. The van der Waals surface area contributed by atoms with Crippen molar-refractivity contribution in [3.8, 4) is 0 Å². The predicted molar refractivity (Wildman–Crippen MR) is 55.3 cm³/mol. The number of aliphatic hydroxyl groups excluding tert-OH is 1. The quantitative estimate of drug-likeness (QED) is 0.764. The first-order chi connectivity index (χ1) is 6.76. The Bertz CT molecular complexity index is 323. The molecule has 0 radical (unpaired) electrons. The van der Waals surface area contributed by atoms with E-state index in [0.717, 1.165) is 12.1 Å². The van der Waals surface area contributed by atoms with E-state index in [-0.39, 0.29) is 12.4 Å². The average Bonchev–Trinajstić information content (AvgIpc) is 2.17. The summed E-state index contributed by atoms with van der Waals surface area (Å²) in [6.45, 7) is 0.607. The normalized spacial score (nSPS) is 11.1. The molecular formula is C11H14FNO. The van der Waals surface area contributed by atoms with Crippen LogP contribution in [-0.4, -0.2) is 18.7 Å². The zero-order chi connectivity index (χ0) is 10.4. The molecule has 1 aromatic carbocycles. The van der Waals surface area contributed by atoms with Crippen LogP contribution in [0.4, 0.5) is 4.39 Å². The number of benzene rings is 1. The summed E-state index contributed by atoms with van der Waals surface area (Å²) in [5.41, 5.74) is 1.36. The van der Waals surface area contributed by atoms with E-state index in [2.05, 4.69) is 5.32 Å². The molecule has 0 spiro atoms. The van der Waals surface area contributed by atoms with Crippen LogP contribution >= 0.6 is 0 Å². The van der Waals surface area contributed by atoms with Crippen LogP contribution in [0.3, 0.4) is 0 Å². The van der Waals surface area contributed by atoms with Crippen molar-refractivity contribution in [1.29, 1.82) is 0 Å². The SMILES string of the molecule is CNCC=Cc1cc(F)cc(CO)c1. The number of hydrogen-bond acceptors (Lipinski definition) is 2. The Morgan fingerprint density at radius 2 is 2.21 bits per heavy atom. The van der Waals surface area contributed by atoms with Gasteiger partial charge >= 0.3 is 0 Å². The minimum Gasteiger partial charge on any atom is -0.392 e. The lowest BCUT2D eigenvalue weighted by molar-refractivity contribution is 0.281. The highest BCUT2D eigenvalue weighted by atomic mass is 19.1. The lowest BCUT2D eigenvalue weighted by Crippen LogP contribution is -2.03. The molecule has 0 amide bonds. The molecule has 0 aromatic heterocycles. The molecule has 0 heterocycles. The van der Waals surface area contributed by atoms with Gasteiger partial charge < -0.3 is 10.4 Å². The second-order valence-electron chi connectivity index (χ2n) is 3.01. The fraction of sp³-hybridized carbons (Fsp3) is 0.273. The molecule has 3 heteroatoms. The summed E-state index contributed by atoms with van der Waals surface area (Å²) in [5, 5.41) is 11.8. The van der Waals surface area contributed by atoms with E-state index in [1.807, 2.05) is 19.2 Å². The Hall–Kier alpha value is -1.19. The number of aliphatic hydroxyl groups is 1. The molecule has 0 bridgehead atoms. The number of halogens is 1. The average molecular weight is 195 g/mol. The molecule has 0 unspecified atom stereocenters. The smallest absolute Gasteiger partial charge is 0.124 e. The van der Waals surface area contributed by atoms with Crippen molar-refractivity contribution in [3.63, 3.8) is 0 Å². The van der Waals surface area contributed by atoms with Crippen molar-refractivity contribution in [2.75, 3.05) is 13.6 Å². The maximum Gasteiger partial charge on any atom is 0.124 e. The Morgan fingerprint density at radius 1 is 1.43 bits per heavy atom. The fourth-order valence-electron chi connectivity index (χ4n) is 1.18. The fourth-order valence-corrected chi connectivity index (χ4v) is 1.18. The number of likely N-dealkylation sites (N-methyl/N-ethyl adjacent to an activating group) is 1. The van der Waals surface area contributed by atoms with Gasteiger partial charge in [-0.25, -0.2) is 4.39 Å². The number of nitrogens with one attached hydrogen (secondary N) is 1. The molecule has 14 heavy (non-hydrogen) atoms. The molecule has 0 fully saturated rings. The zero-order valence-electron chi connectivity index (χ0n) is 8.13. The van der Waals surface area contributed by atoms with Gasteiger partial charge in [-0.3, -0.25) is 0 Å². The van der Waals surface area contributed by atoms with Crippen molar-refractivity contribution in [1.82, 2.24) is 5.32 Å².